The molecule has 1 aliphatic carbocycles. The average molecular weight is 367 g/mol. The fraction of sp³-hybridized carbons (Fsp3) is 0.450. The van der Waals surface area contributed by atoms with E-state index < -0.39 is 0 Å². The lowest BCUT2D eigenvalue weighted by Gasteiger charge is -2.33. The summed E-state index contributed by atoms with van der Waals surface area (Å²) < 4.78 is 5.22. The topological polar surface area (TPSA) is 70.6 Å². The number of Topliss-reactive ketones (excluding diaryl/α,β-unsaturated/α-hetero) is 1. The monoisotopic (exact) mass is 367 g/mol. The molecule has 0 amide bonds. The van der Waals surface area contributed by atoms with Crippen LogP contribution in [0.2, 0.25) is 0 Å². The van der Waals surface area contributed by atoms with Crippen LogP contribution in [-0.2, 0) is 6.42 Å². The Bertz CT molecular complexity index is 829. The van der Waals surface area contributed by atoms with Gasteiger partial charge in [0.05, 0.1) is 18.4 Å². The first kappa shape index (κ1) is 17.7. The zero-order valence-electron chi connectivity index (χ0n) is 15.9. The van der Waals surface area contributed by atoms with Gasteiger partial charge < -0.3 is 19.9 Å². The van der Waals surface area contributed by atoms with Gasteiger partial charge in [0.2, 0.25) is 5.95 Å². The number of aromatic nitrogens is 2. The van der Waals surface area contributed by atoms with Crippen LogP contribution in [0.5, 0.6) is 5.75 Å². The van der Waals surface area contributed by atoms with E-state index in [1.807, 2.05) is 24.3 Å². The minimum absolute atomic E-state index is 0.122. The van der Waals surface area contributed by atoms with Gasteiger partial charge in [0.1, 0.15) is 11.6 Å². The second kappa shape index (κ2) is 7.52. The van der Waals surface area contributed by atoms with Gasteiger partial charge in [-0.2, -0.15) is 4.98 Å². The van der Waals surface area contributed by atoms with Crippen LogP contribution < -0.4 is 15.0 Å². The van der Waals surface area contributed by atoms with E-state index in [4.69, 9.17) is 14.7 Å². The van der Waals surface area contributed by atoms with Gasteiger partial charge in [0.15, 0.2) is 5.78 Å². The van der Waals surface area contributed by atoms with Gasteiger partial charge in [-0.05, 0) is 44.2 Å². The number of hydrogen-bond donors (Lipinski definition) is 1. The summed E-state index contributed by atoms with van der Waals surface area (Å²) in [7, 11) is 3.77. The van der Waals surface area contributed by atoms with E-state index in [1.165, 1.54) is 0 Å². The van der Waals surface area contributed by atoms with Crippen molar-refractivity contribution in [2.24, 2.45) is 0 Å². The summed E-state index contributed by atoms with van der Waals surface area (Å²) in [5.74, 6) is 2.24. The van der Waals surface area contributed by atoms with Gasteiger partial charge in [0.25, 0.3) is 0 Å². The lowest BCUT2D eigenvalue weighted by molar-refractivity contribution is 0.0972. The highest BCUT2D eigenvalue weighted by Crippen LogP contribution is 2.30. The first-order valence-corrected chi connectivity index (χ1v) is 9.43. The number of piperazine rings is 1. The zero-order valence-corrected chi connectivity index (χ0v) is 15.9. The molecule has 4 rings (SSSR count). The van der Waals surface area contributed by atoms with Crippen LogP contribution in [0.4, 0.5) is 17.5 Å². The van der Waals surface area contributed by atoms with E-state index in [1.54, 1.807) is 7.11 Å². The quantitative estimate of drug-likeness (QED) is 0.890. The number of benzene rings is 1. The zero-order chi connectivity index (χ0) is 18.8. The number of ether oxygens (including phenoxy) is 1. The largest absolute Gasteiger partial charge is 0.497 e. The number of likely N-dealkylation sites (N-methyl/N-ethyl adjacent to an activating group) is 1. The second-order valence-electron chi connectivity index (χ2n) is 7.11. The molecule has 7 nitrogen and oxygen atoms in total. The lowest BCUT2D eigenvalue weighted by atomic mass is 9.95. The van der Waals surface area contributed by atoms with Crippen LogP contribution in [-0.4, -0.2) is 61.0 Å². The Morgan fingerprint density at radius 2 is 1.78 bits per heavy atom. The minimum Gasteiger partial charge on any atom is -0.497 e. The van der Waals surface area contributed by atoms with Gasteiger partial charge in [-0.1, -0.05) is 0 Å². The molecular weight excluding hydrogens is 342 g/mol. The van der Waals surface area contributed by atoms with Gasteiger partial charge in [-0.15, -0.1) is 0 Å². The Balaban J connectivity index is 1.69. The lowest BCUT2D eigenvalue weighted by Crippen LogP contribution is -2.45. The van der Waals surface area contributed by atoms with Crippen molar-refractivity contribution in [1.29, 1.82) is 0 Å². The number of carbonyl (C=O) groups excluding carboxylic acids is 1. The van der Waals surface area contributed by atoms with Crippen LogP contribution in [0, 0.1) is 0 Å². The molecule has 0 spiro atoms. The molecule has 0 bridgehead atoms. The molecule has 142 valence electrons. The van der Waals surface area contributed by atoms with Crippen molar-refractivity contribution in [3.05, 3.63) is 35.5 Å². The van der Waals surface area contributed by atoms with Crippen LogP contribution in [0.25, 0.3) is 0 Å². The van der Waals surface area contributed by atoms with Crippen LogP contribution in [0.1, 0.15) is 28.9 Å². The molecule has 1 aliphatic heterocycles. The number of hydrogen-bond acceptors (Lipinski definition) is 7. The molecule has 2 heterocycles. The van der Waals surface area contributed by atoms with E-state index in [9.17, 15) is 4.79 Å². The van der Waals surface area contributed by atoms with E-state index in [-0.39, 0.29) is 5.78 Å². The molecule has 0 radical (unpaired) electrons. The molecule has 1 fully saturated rings. The molecule has 27 heavy (non-hydrogen) atoms. The van der Waals surface area contributed by atoms with Gasteiger partial charge in [0, 0.05) is 38.3 Å². The number of nitrogens with one attached hydrogen (secondary N) is 1. The number of nitrogens with zero attached hydrogens (tertiary/aromatic N) is 4. The third-order valence-electron chi connectivity index (χ3n) is 5.21. The number of fused-ring (bicyclic) bond motifs is 1. The van der Waals surface area contributed by atoms with E-state index in [2.05, 4.69) is 22.2 Å². The molecule has 2 aliphatic rings. The van der Waals surface area contributed by atoms with Crippen molar-refractivity contribution in [3.63, 3.8) is 0 Å². The Morgan fingerprint density at radius 1 is 1.04 bits per heavy atom. The van der Waals surface area contributed by atoms with Crippen LogP contribution in [0.15, 0.2) is 24.3 Å². The minimum atomic E-state index is 0.122. The number of carbonyl (C=O) groups is 1. The molecule has 0 saturated carbocycles. The molecular formula is C20H25N5O2. The summed E-state index contributed by atoms with van der Waals surface area (Å²) in [6, 6.07) is 7.63. The summed E-state index contributed by atoms with van der Waals surface area (Å²) in [4.78, 5) is 26.6. The number of anilines is 3. The Hall–Kier alpha value is -2.67. The number of rotatable bonds is 4. The normalized spacial score (nSPS) is 17.6. The molecule has 1 aromatic heterocycles. The fourth-order valence-electron chi connectivity index (χ4n) is 3.56. The van der Waals surface area contributed by atoms with Crippen molar-refractivity contribution in [1.82, 2.24) is 14.9 Å². The van der Waals surface area contributed by atoms with Gasteiger partial charge >= 0.3 is 0 Å². The van der Waals surface area contributed by atoms with Crippen molar-refractivity contribution < 1.29 is 9.53 Å². The van der Waals surface area contributed by atoms with Crippen molar-refractivity contribution in [2.45, 2.75) is 19.3 Å². The number of methoxy groups -OCH3 is 1. The Kier molecular flexibility index (Phi) is 4.94. The predicted octanol–water partition coefficient (Wildman–Crippen LogP) is 2.50. The van der Waals surface area contributed by atoms with E-state index in [0.29, 0.717) is 23.8 Å². The Morgan fingerprint density at radius 3 is 2.48 bits per heavy atom. The maximum atomic E-state index is 12.6. The third kappa shape index (κ3) is 3.73. The summed E-state index contributed by atoms with van der Waals surface area (Å²) >= 11 is 0. The SMILES string of the molecule is COc1ccc(Nc2nc(N3CCN(C)CC3)nc3c2C(=O)CCC3)cc1. The molecule has 1 aromatic carbocycles. The third-order valence-corrected chi connectivity index (χ3v) is 5.21. The molecule has 1 N–H and O–H groups in total. The average Bonchev–Trinajstić information content (AvgIpc) is 2.69. The van der Waals surface area contributed by atoms with Gasteiger partial charge in [-0.3, -0.25) is 4.79 Å². The molecule has 0 atom stereocenters. The van der Waals surface area contributed by atoms with Crippen molar-refractivity contribution >= 4 is 23.2 Å². The smallest absolute Gasteiger partial charge is 0.227 e. The number of ketones is 1. The molecule has 0 unspecified atom stereocenters. The molecule has 7 heteroatoms. The summed E-state index contributed by atoms with van der Waals surface area (Å²) in [5, 5.41) is 3.34. The maximum Gasteiger partial charge on any atom is 0.227 e. The summed E-state index contributed by atoms with van der Waals surface area (Å²) in [6.07, 6.45) is 2.23. The first-order valence-electron chi connectivity index (χ1n) is 9.43. The summed E-state index contributed by atoms with van der Waals surface area (Å²) in [6.45, 7) is 3.76. The highest BCUT2D eigenvalue weighted by Gasteiger charge is 2.27. The van der Waals surface area contributed by atoms with Gasteiger partial charge in [-0.25, -0.2) is 4.98 Å². The summed E-state index contributed by atoms with van der Waals surface area (Å²) in [5.41, 5.74) is 2.39. The number of aryl methyl sites for hydroxylation is 1. The highest BCUT2D eigenvalue weighted by atomic mass is 16.5. The predicted molar refractivity (Wildman–Crippen MR) is 105 cm³/mol. The second-order valence-corrected chi connectivity index (χ2v) is 7.11. The molecule has 2 aromatic rings. The molecule has 1 saturated heterocycles. The van der Waals surface area contributed by atoms with Crippen LogP contribution in [0.3, 0.4) is 0 Å². The maximum absolute atomic E-state index is 12.6. The van der Waals surface area contributed by atoms with Crippen LogP contribution >= 0.6 is 0 Å². The highest BCUT2D eigenvalue weighted by molar-refractivity contribution is 6.03. The van der Waals surface area contributed by atoms with E-state index in [0.717, 1.165) is 56.2 Å². The standard InChI is InChI=1S/C20H25N5O2/c1-24-10-12-25(13-11-24)20-22-16-4-3-5-17(26)18(16)19(23-20)21-14-6-8-15(27-2)9-7-14/h6-9H,3-5,10-13H2,1-2H3,(H,21,22,23). The first-order chi connectivity index (χ1) is 13.1. The van der Waals surface area contributed by atoms with E-state index >= 15 is 0 Å². The fourth-order valence-corrected chi connectivity index (χ4v) is 3.56. The van der Waals surface area contributed by atoms with Crippen molar-refractivity contribution in [3.8, 4) is 5.75 Å². The van der Waals surface area contributed by atoms with Crippen molar-refractivity contribution in [2.75, 3.05) is 50.6 Å². The Labute approximate surface area is 159 Å².